The van der Waals surface area contributed by atoms with E-state index in [1.165, 1.54) is 18.2 Å². The van der Waals surface area contributed by atoms with Crippen molar-refractivity contribution >= 4 is 11.6 Å². The maximum atomic E-state index is 12.8. The molecule has 148 valence electrons. The van der Waals surface area contributed by atoms with E-state index >= 15 is 0 Å². The molecule has 1 aliphatic heterocycles. The van der Waals surface area contributed by atoms with Gasteiger partial charge in [-0.05, 0) is 37.1 Å². The number of likely N-dealkylation sites (tertiary alicyclic amines) is 1. The molecule has 0 saturated carbocycles. The van der Waals surface area contributed by atoms with Crippen LogP contribution in [0, 0.1) is 10.1 Å². The molecular formula is C20H22N2O6. The summed E-state index contributed by atoms with van der Waals surface area (Å²) < 4.78 is 16.3. The van der Waals surface area contributed by atoms with Gasteiger partial charge in [-0.3, -0.25) is 14.9 Å². The van der Waals surface area contributed by atoms with Gasteiger partial charge in [-0.1, -0.05) is 6.07 Å². The summed E-state index contributed by atoms with van der Waals surface area (Å²) in [5.74, 6) is 1.50. The van der Waals surface area contributed by atoms with Crippen molar-refractivity contribution < 1.29 is 23.9 Å². The molecule has 0 radical (unpaired) electrons. The minimum atomic E-state index is -0.500. The summed E-state index contributed by atoms with van der Waals surface area (Å²) in [6, 6.07) is 11.2. The molecule has 0 spiro atoms. The summed E-state index contributed by atoms with van der Waals surface area (Å²) in [6.07, 6.45) is 1.68. The van der Waals surface area contributed by atoms with Gasteiger partial charge in [0.2, 0.25) is 0 Å². The van der Waals surface area contributed by atoms with E-state index in [0.29, 0.717) is 18.0 Å². The molecule has 3 rings (SSSR count). The van der Waals surface area contributed by atoms with Gasteiger partial charge in [-0.25, -0.2) is 0 Å². The molecule has 0 bridgehead atoms. The van der Waals surface area contributed by atoms with Crippen LogP contribution in [0.1, 0.15) is 24.4 Å². The van der Waals surface area contributed by atoms with Crippen LogP contribution in [-0.4, -0.2) is 43.1 Å². The van der Waals surface area contributed by atoms with Crippen LogP contribution >= 0.6 is 0 Å². The topological polar surface area (TPSA) is 91.1 Å². The number of benzene rings is 2. The van der Waals surface area contributed by atoms with Gasteiger partial charge in [0, 0.05) is 18.2 Å². The van der Waals surface area contributed by atoms with Gasteiger partial charge in [0.15, 0.2) is 6.61 Å². The minimum Gasteiger partial charge on any atom is -0.497 e. The van der Waals surface area contributed by atoms with E-state index in [1.54, 1.807) is 25.2 Å². The van der Waals surface area contributed by atoms with Crippen molar-refractivity contribution in [2.45, 2.75) is 18.9 Å². The van der Waals surface area contributed by atoms with E-state index in [0.717, 1.165) is 18.4 Å². The van der Waals surface area contributed by atoms with Crippen LogP contribution in [-0.2, 0) is 4.79 Å². The highest BCUT2D eigenvalue weighted by Gasteiger charge is 2.32. The van der Waals surface area contributed by atoms with Crippen LogP contribution in [0.2, 0.25) is 0 Å². The molecule has 0 N–H and O–H groups in total. The number of hydrogen-bond donors (Lipinski definition) is 0. The molecule has 1 atom stereocenters. The Morgan fingerprint density at radius 1 is 1.18 bits per heavy atom. The second-order valence-corrected chi connectivity index (χ2v) is 6.40. The lowest BCUT2D eigenvalue weighted by molar-refractivity contribution is -0.384. The Hall–Kier alpha value is -3.29. The molecule has 1 fully saturated rings. The number of carbonyl (C=O) groups excluding carboxylic acids is 1. The zero-order chi connectivity index (χ0) is 20.1. The molecule has 1 amide bonds. The van der Waals surface area contributed by atoms with Gasteiger partial charge in [0.05, 0.1) is 31.3 Å². The first-order valence-corrected chi connectivity index (χ1v) is 8.92. The first kappa shape index (κ1) is 19.5. The SMILES string of the molecule is COc1ccc(OC)c(C2CCCN2C(=O)COc2cccc([N+](=O)[O-])c2)c1. The molecule has 1 unspecified atom stereocenters. The Kier molecular flexibility index (Phi) is 5.98. The van der Waals surface area contributed by atoms with Gasteiger partial charge in [-0.2, -0.15) is 0 Å². The lowest BCUT2D eigenvalue weighted by Gasteiger charge is -2.26. The number of carbonyl (C=O) groups is 1. The largest absolute Gasteiger partial charge is 0.497 e. The smallest absolute Gasteiger partial charge is 0.273 e. The lowest BCUT2D eigenvalue weighted by Crippen LogP contribution is -2.34. The van der Waals surface area contributed by atoms with Crippen molar-refractivity contribution in [1.29, 1.82) is 0 Å². The van der Waals surface area contributed by atoms with E-state index in [9.17, 15) is 14.9 Å². The predicted octanol–water partition coefficient (Wildman–Crippen LogP) is 3.35. The normalized spacial score (nSPS) is 15.9. The molecule has 0 aliphatic carbocycles. The monoisotopic (exact) mass is 386 g/mol. The molecule has 1 heterocycles. The van der Waals surface area contributed by atoms with Crippen LogP contribution in [0.25, 0.3) is 0 Å². The molecule has 2 aromatic carbocycles. The highest BCUT2D eigenvalue weighted by Crippen LogP contribution is 2.39. The number of methoxy groups -OCH3 is 2. The maximum absolute atomic E-state index is 12.8. The van der Waals surface area contributed by atoms with Gasteiger partial charge >= 0.3 is 0 Å². The van der Waals surface area contributed by atoms with Crippen LogP contribution in [0.3, 0.4) is 0 Å². The molecular weight excluding hydrogens is 364 g/mol. The fourth-order valence-corrected chi connectivity index (χ4v) is 3.40. The Bertz CT molecular complexity index is 870. The second kappa shape index (κ2) is 8.60. The second-order valence-electron chi connectivity index (χ2n) is 6.40. The Morgan fingerprint density at radius 3 is 2.71 bits per heavy atom. The average molecular weight is 386 g/mol. The quantitative estimate of drug-likeness (QED) is 0.535. The summed E-state index contributed by atoms with van der Waals surface area (Å²) in [4.78, 5) is 24.9. The fraction of sp³-hybridized carbons (Fsp3) is 0.350. The summed E-state index contributed by atoms with van der Waals surface area (Å²) in [7, 11) is 3.19. The van der Waals surface area contributed by atoms with Crippen LogP contribution in [0.4, 0.5) is 5.69 Å². The summed E-state index contributed by atoms with van der Waals surface area (Å²) >= 11 is 0. The first-order valence-electron chi connectivity index (χ1n) is 8.92. The number of rotatable bonds is 7. The Balaban J connectivity index is 1.73. The third kappa shape index (κ3) is 4.16. The molecule has 8 heteroatoms. The highest BCUT2D eigenvalue weighted by molar-refractivity contribution is 5.78. The van der Waals surface area contributed by atoms with Crippen molar-refractivity contribution in [3.05, 3.63) is 58.1 Å². The summed E-state index contributed by atoms with van der Waals surface area (Å²) in [5, 5.41) is 10.9. The van der Waals surface area contributed by atoms with Gasteiger partial charge in [0.1, 0.15) is 17.2 Å². The third-order valence-corrected chi connectivity index (χ3v) is 4.76. The standard InChI is InChI=1S/C20H22N2O6/c1-26-15-8-9-19(27-2)17(12-15)18-7-4-10-21(18)20(23)13-28-16-6-3-5-14(11-16)22(24)25/h3,5-6,8-9,11-12,18H,4,7,10,13H2,1-2H3. The molecule has 8 nitrogen and oxygen atoms in total. The van der Waals surface area contributed by atoms with Gasteiger partial charge < -0.3 is 19.1 Å². The van der Waals surface area contributed by atoms with Crippen molar-refractivity contribution in [2.24, 2.45) is 0 Å². The molecule has 1 aliphatic rings. The van der Waals surface area contributed by atoms with Gasteiger partial charge in [0.25, 0.3) is 11.6 Å². The maximum Gasteiger partial charge on any atom is 0.273 e. The zero-order valence-electron chi connectivity index (χ0n) is 15.8. The van der Waals surface area contributed by atoms with Crippen molar-refractivity contribution in [1.82, 2.24) is 4.90 Å². The number of ether oxygens (including phenoxy) is 3. The fourth-order valence-electron chi connectivity index (χ4n) is 3.40. The molecule has 1 saturated heterocycles. The van der Waals surface area contributed by atoms with Crippen LogP contribution in [0.15, 0.2) is 42.5 Å². The van der Waals surface area contributed by atoms with E-state index < -0.39 is 4.92 Å². The number of nitro benzene ring substituents is 1. The van der Waals surface area contributed by atoms with Crippen molar-refractivity contribution in [3.8, 4) is 17.2 Å². The van der Waals surface area contributed by atoms with Gasteiger partial charge in [-0.15, -0.1) is 0 Å². The molecule has 0 aromatic heterocycles. The van der Waals surface area contributed by atoms with E-state index in [-0.39, 0.29) is 30.0 Å². The number of nitro groups is 1. The zero-order valence-corrected chi connectivity index (χ0v) is 15.8. The number of non-ortho nitro benzene ring substituents is 1. The van der Waals surface area contributed by atoms with Crippen LogP contribution < -0.4 is 14.2 Å². The number of nitrogens with zero attached hydrogens (tertiary/aromatic N) is 2. The molecule has 28 heavy (non-hydrogen) atoms. The number of amides is 1. The van der Waals surface area contributed by atoms with E-state index in [4.69, 9.17) is 14.2 Å². The highest BCUT2D eigenvalue weighted by atomic mass is 16.6. The summed E-state index contributed by atoms with van der Waals surface area (Å²) in [5.41, 5.74) is 0.813. The average Bonchev–Trinajstić information content (AvgIpc) is 3.21. The Morgan fingerprint density at radius 2 is 2.00 bits per heavy atom. The van der Waals surface area contributed by atoms with Crippen LogP contribution in [0.5, 0.6) is 17.2 Å². The third-order valence-electron chi connectivity index (χ3n) is 4.76. The van der Waals surface area contributed by atoms with Crippen molar-refractivity contribution in [2.75, 3.05) is 27.4 Å². The number of hydrogen-bond acceptors (Lipinski definition) is 6. The van der Waals surface area contributed by atoms with E-state index in [2.05, 4.69) is 0 Å². The van der Waals surface area contributed by atoms with E-state index in [1.807, 2.05) is 18.2 Å². The minimum absolute atomic E-state index is 0.0786. The van der Waals surface area contributed by atoms with Crippen molar-refractivity contribution in [3.63, 3.8) is 0 Å². The first-order chi connectivity index (χ1) is 13.5. The molecule has 2 aromatic rings. The predicted molar refractivity (Wildman–Crippen MR) is 102 cm³/mol. The Labute approximate surface area is 162 Å². The summed E-state index contributed by atoms with van der Waals surface area (Å²) in [6.45, 7) is 0.423. The lowest BCUT2D eigenvalue weighted by atomic mass is 10.0.